The second-order valence-electron chi connectivity index (χ2n) is 7.43. The number of imidazole rings is 1. The van der Waals surface area contributed by atoms with E-state index in [1.54, 1.807) is 56.0 Å². The minimum Gasteiger partial charge on any atom is -0.507 e. The van der Waals surface area contributed by atoms with Crippen molar-refractivity contribution in [3.8, 4) is 5.75 Å². The zero-order valence-corrected chi connectivity index (χ0v) is 19.0. The Morgan fingerprint density at radius 3 is 2.44 bits per heavy atom. The van der Waals surface area contributed by atoms with Crippen LogP contribution in [0.25, 0.3) is 5.76 Å². The van der Waals surface area contributed by atoms with E-state index >= 15 is 0 Å². The Morgan fingerprint density at radius 2 is 1.81 bits per heavy atom. The van der Waals surface area contributed by atoms with Gasteiger partial charge in [0.2, 0.25) is 0 Å². The lowest BCUT2D eigenvalue weighted by Crippen LogP contribution is -2.31. The summed E-state index contributed by atoms with van der Waals surface area (Å²) in [7, 11) is 1.57. The molecule has 0 spiro atoms. The standard InChI is InChI=1S/C24H22BrN3O4/c1-32-19-9-5-16(6-10-19)21-20(22(29)17-3-7-18(25)8-4-17)23(30)24(31)28(21)13-2-12-27-14-11-26-15-27/h3-11,14-15,21,29H,2,12-13H2,1H3/b22-20+/t21-/m1/s1. The van der Waals surface area contributed by atoms with Gasteiger partial charge in [0.25, 0.3) is 11.7 Å². The van der Waals surface area contributed by atoms with Crippen LogP contribution in [0.3, 0.4) is 0 Å². The van der Waals surface area contributed by atoms with E-state index in [0.29, 0.717) is 30.8 Å². The van der Waals surface area contributed by atoms with Crippen molar-refractivity contribution in [2.24, 2.45) is 0 Å². The van der Waals surface area contributed by atoms with Crippen LogP contribution in [0.1, 0.15) is 23.6 Å². The predicted octanol–water partition coefficient (Wildman–Crippen LogP) is 4.17. The average Bonchev–Trinajstić information content (AvgIpc) is 3.41. The fraction of sp³-hybridized carbons (Fsp3) is 0.208. The lowest BCUT2D eigenvalue weighted by molar-refractivity contribution is -0.139. The van der Waals surface area contributed by atoms with Gasteiger partial charge in [-0.2, -0.15) is 0 Å². The molecule has 0 aliphatic carbocycles. The fourth-order valence-corrected chi connectivity index (χ4v) is 4.11. The molecule has 1 N–H and O–H groups in total. The third-order valence-corrected chi connectivity index (χ3v) is 5.99. The molecule has 1 aromatic heterocycles. The summed E-state index contributed by atoms with van der Waals surface area (Å²) in [4.78, 5) is 31.6. The summed E-state index contributed by atoms with van der Waals surface area (Å²) in [5.41, 5.74) is 1.29. The summed E-state index contributed by atoms with van der Waals surface area (Å²) < 4.78 is 8.01. The summed E-state index contributed by atoms with van der Waals surface area (Å²) in [6.45, 7) is 1.02. The number of methoxy groups -OCH3 is 1. The van der Waals surface area contributed by atoms with Crippen molar-refractivity contribution in [3.63, 3.8) is 0 Å². The van der Waals surface area contributed by atoms with E-state index in [-0.39, 0.29) is 11.3 Å². The molecule has 0 radical (unpaired) electrons. The van der Waals surface area contributed by atoms with Crippen LogP contribution in [-0.2, 0) is 16.1 Å². The third-order valence-electron chi connectivity index (χ3n) is 5.46. The van der Waals surface area contributed by atoms with Crippen LogP contribution in [0.15, 0.2) is 77.3 Å². The molecule has 2 aromatic carbocycles. The maximum atomic E-state index is 13.0. The molecule has 0 saturated carbocycles. The zero-order chi connectivity index (χ0) is 22.7. The number of hydrogen-bond acceptors (Lipinski definition) is 5. The van der Waals surface area contributed by atoms with Gasteiger partial charge in [0.05, 0.1) is 25.1 Å². The first kappa shape index (κ1) is 21.8. The number of aliphatic hydroxyl groups is 1. The molecule has 7 nitrogen and oxygen atoms in total. The summed E-state index contributed by atoms with van der Waals surface area (Å²) >= 11 is 3.37. The number of halogens is 1. The van der Waals surface area contributed by atoms with E-state index in [2.05, 4.69) is 20.9 Å². The molecule has 1 fully saturated rings. The van der Waals surface area contributed by atoms with Gasteiger partial charge in [-0.25, -0.2) is 4.98 Å². The topological polar surface area (TPSA) is 84.7 Å². The highest BCUT2D eigenvalue weighted by molar-refractivity contribution is 9.10. The SMILES string of the molecule is COc1ccc([C@@H]2/C(=C(\O)c3ccc(Br)cc3)C(=O)C(=O)N2CCCn2ccnc2)cc1. The molecule has 0 unspecified atom stereocenters. The number of aromatic nitrogens is 2. The molecule has 1 amide bonds. The van der Waals surface area contributed by atoms with Crippen molar-refractivity contribution in [1.29, 1.82) is 0 Å². The van der Waals surface area contributed by atoms with Gasteiger partial charge in [-0.05, 0) is 36.2 Å². The Labute approximate surface area is 194 Å². The zero-order valence-electron chi connectivity index (χ0n) is 17.4. The molecule has 164 valence electrons. The van der Waals surface area contributed by atoms with Crippen LogP contribution in [-0.4, -0.2) is 44.9 Å². The Kier molecular flexibility index (Phi) is 6.41. The van der Waals surface area contributed by atoms with Crippen molar-refractivity contribution >= 4 is 33.4 Å². The van der Waals surface area contributed by atoms with Crippen LogP contribution in [0, 0.1) is 0 Å². The molecule has 2 heterocycles. The summed E-state index contributed by atoms with van der Waals surface area (Å²) in [6.07, 6.45) is 5.89. The van der Waals surface area contributed by atoms with E-state index in [0.717, 1.165) is 10.0 Å². The number of hydrogen-bond donors (Lipinski definition) is 1. The van der Waals surface area contributed by atoms with Gasteiger partial charge < -0.3 is 19.3 Å². The average molecular weight is 496 g/mol. The van der Waals surface area contributed by atoms with Crippen LogP contribution in [0.4, 0.5) is 0 Å². The highest BCUT2D eigenvalue weighted by Crippen LogP contribution is 2.40. The Bertz CT molecular complexity index is 1140. The number of rotatable bonds is 7. The Hall–Kier alpha value is -3.39. The molecule has 1 aliphatic rings. The smallest absolute Gasteiger partial charge is 0.295 e. The first-order valence-electron chi connectivity index (χ1n) is 10.1. The summed E-state index contributed by atoms with van der Waals surface area (Å²) in [6, 6.07) is 13.5. The first-order chi connectivity index (χ1) is 15.5. The van der Waals surface area contributed by atoms with Gasteiger partial charge in [0.15, 0.2) is 0 Å². The van der Waals surface area contributed by atoms with Crippen molar-refractivity contribution in [2.75, 3.05) is 13.7 Å². The maximum Gasteiger partial charge on any atom is 0.295 e. The van der Waals surface area contributed by atoms with Crippen LogP contribution in [0.5, 0.6) is 5.75 Å². The van der Waals surface area contributed by atoms with Gasteiger partial charge >= 0.3 is 0 Å². The number of nitrogens with zero attached hydrogens (tertiary/aromatic N) is 3. The van der Waals surface area contributed by atoms with Gasteiger partial charge in [-0.15, -0.1) is 0 Å². The molecule has 8 heteroatoms. The van der Waals surface area contributed by atoms with E-state index in [1.165, 1.54) is 4.90 Å². The van der Waals surface area contributed by atoms with Crippen LogP contribution in [0.2, 0.25) is 0 Å². The molecule has 32 heavy (non-hydrogen) atoms. The molecule has 1 saturated heterocycles. The van der Waals surface area contributed by atoms with E-state index in [1.807, 2.05) is 22.9 Å². The number of aryl methyl sites for hydroxylation is 1. The minimum atomic E-state index is -0.688. The maximum absolute atomic E-state index is 13.0. The minimum absolute atomic E-state index is 0.0881. The van der Waals surface area contributed by atoms with Gasteiger partial charge in [-0.3, -0.25) is 9.59 Å². The van der Waals surface area contributed by atoms with Crippen molar-refractivity contribution in [2.45, 2.75) is 19.0 Å². The number of carbonyl (C=O) groups excluding carboxylic acids is 2. The van der Waals surface area contributed by atoms with E-state index in [4.69, 9.17) is 4.74 Å². The number of benzene rings is 2. The quantitative estimate of drug-likeness (QED) is 0.302. The molecule has 1 aliphatic heterocycles. The van der Waals surface area contributed by atoms with Gasteiger partial charge in [0, 0.05) is 35.5 Å². The number of Topliss-reactive ketones (excluding diaryl/α,β-unsaturated/α-hetero) is 1. The lowest BCUT2D eigenvalue weighted by atomic mass is 9.95. The largest absolute Gasteiger partial charge is 0.507 e. The third kappa shape index (κ3) is 4.31. The Morgan fingerprint density at radius 1 is 1.09 bits per heavy atom. The van der Waals surface area contributed by atoms with Crippen LogP contribution < -0.4 is 4.74 Å². The number of likely N-dealkylation sites (tertiary alicyclic amines) is 1. The highest BCUT2D eigenvalue weighted by Gasteiger charge is 2.45. The molecule has 3 aromatic rings. The number of ketones is 1. The second-order valence-corrected chi connectivity index (χ2v) is 8.34. The number of amides is 1. The normalized spacial score (nSPS) is 17.7. The van der Waals surface area contributed by atoms with Gasteiger partial charge in [-0.1, -0.05) is 40.2 Å². The van der Waals surface area contributed by atoms with Gasteiger partial charge in [0.1, 0.15) is 11.5 Å². The van der Waals surface area contributed by atoms with E-state index in [9.17, 15) is 14.7 Å². The first-order valence-corrected chi connectivity index (χ1v) is 10.9. The number of ether oxygens (including phenoxy) is 1. The van der Waals surface area contributed by atoms with Crippen molar-refractivity contribution in [1.82, 2.24) is 14.5 Å². The second kappa shape index (κ2) is 9.40. The molecular weight excluding hydrogens is 474 g/mol. The molecular formula is C24H22BrN3O4. The molecule has 4 rings (SSSR count). The fourth-order valence-electron chi connectivity index (χ4n) is 3.85. The number of aliphatic hydroxyl groups excluding tert-OH is 1. The van der Waals surface area contributed by atoms with Crippen LogP contribution >= 0.6 is 15.9 Å². The summed E-state index contributed by atoms with van der Waals surface area (Å²) in [5.74, 6) is -0.823. The highest BCUT2D eigenvalue weighted by atomic mass is 79.9. The van der Waals surface area contributed by atoms with E-state index < -0.39 is 17.7 Å². The summed E-state index contributed by atoms with van der Waals surface area (Å²) in [5, 5.41) is 11.1. The predicted molar refractivity (Wildman–Crippen MR) is 123 cm³/mol. The van der Waals surface area contributed by atoms with Crippen molar-refractivity contribution in [3.05, 3.63) is 88.4 Å². The molecule has 0 bridgehead atoms. The molecule has 1 atom stereocenters. The Balaban J connectivity index is 1.72. The lowest BCUT2D eigenvalue weighted by Gasteiger charge is -2.25. The number of carbonyl (C=O) groups is 2. The van der Waals surface area contributed by atoms with Crippen molar-refractivity contribution < 1.29 is 19.4 Å². The monoisotopic (exact) mass is 495 g/mol.